The van der Waals surface area contributed by atoms with Crippen LogP contribution in [0, 0.1) is 0 Å². The number of aliphatic carboxylic acids is 1. The van der Waals surface area contributed by atoms with Crippen molar-refractivity contribution in [1.82, 2.24) is 10.2 Å². The molecule has 0 atom stereocenters. The summed E-state index contributed by atoms with van der Waals surface area (Å²) in [5.74, 6) is -2.17. The molecule has 11 heteroatoms. The second-order valence-electron chi connectivity index (χ2n) is 10.6. The molecule has 0 aliphatic heterocycles. The van der Waals surface area contributed by atoms with Gasteiger partial charge in [-0.3, -0.25) is 9.59 Å². The van der Waals surface area contributed by atoms with Gasteiger partial charge in [0.15, 0.2) is 0 Å². The summed E-state index contributed by atoms with van der Waals surface area (Å²) in [6, 6.07) is 33.6. The minimum atomic E-state index is -5.08. The zero-order valence-corrected chi connectivity index (χ0v) is 26.5. The Kier molecular flexibility index (Phi) is 14.4. The van der Waals surface area contributed by atoms with E-state index < -0.39 is 12.1 Å². The molecule has 48 heavy (non-hydrogen) atoms. The average molecular weight is 662 g/mol. The van der Waals surface area contributed by atoms with Crippen LogP contribution in [0.2, 0.25) is 0 Å². The molecule has 4 aromatic rings. The number of benzene rings is 4. The molecule has 4 aromatic carbocycles. The second-order valence-corrected chi connectivity index (χ2v) is 10.6. The molecular weight excluding hydrogens is 623 g/mol. The van der Waals surface area contributed by atoms with Crippen molar-refractivity contribution in [3.8, 4) is 16.9 Å². The lowest BCUT2D eigenvalue weighted by Gasteiger charge is -2.22. The molecule has 0 aliphatic carbocycles. The first-order chi connectivity index (χ1) is 23.0. The van der Waals surface area contributed by atoms with Crippen molar-refractivity contribution in [3.63, 3.8) is 0 Å². The summed E-state index contributed by atoms with van der Waals surface area (Å²) >= 11 is 0. The smallest absolute Gasteiger partial charge is 0.490 e. The molecule has 252 valence electrons. The molecule has 0 radical (unpaired) electrons. The van der Waals surface area contributed by atoms with Crippen LogP contribution in [0.15, 0.2) is 109 Å². The Balaban J connectivity index is 0.000000804. The SMILES string of the molecule is COc1ccc(/C=C/C(=O)N(CCCc2ccccc2)Cc2cccc(-c3cccc(C(=O)NCCN)c3)c2)cc1.O=C(O)C(F)(F)F. The average Bonchev–Trinajstić information content (AvgIpc) is 3.09. The molecule has 0 unspecified atom stereocenters. The summed E-state index contributed by atoms with van der Waals surface area (Å²) in [6.07, 6.45) is 0.138. The van der Waals surface area contributed by atoms with Gasteiger partial charge in [0.05, 0.1) is 7.11 Å². The van der Waals surface area contributed by atoms with Crippen molar-refractivity contribution in [2.75, 3.05) is 26.7 Å². The highest BCUT2D eigenvalue weighted by Crippen LogP contribution is 2.23. The number of amides is 2. The number of carbonyl (C=O) groups excluding carboxylic acids is 2. The number of hydrogen-bond acceptors (Lipinski definition) is 5. The normalized spacial score (nSPS) is 10.9. The molecule has 0 heterocycles. The summed E-state index contributed by atoms with van der Waals surface area (Å²) < 4.78 is 37.0. The van der Waals surface area contributed by atoms with E-state index in [1.54, 1.807) is 19.3 Å². The van der Waals surface area contributed by atoms with E-state index in [-0.39, 0.29) is 11.8 Å². The maximum absolute atomic E-state index is 13.4. The van der Waals surface area contributed by atoms with Crippen molar-refractivity contribution >= 4 is 23.9 Å². The number of alkyl halides is 3. The van der Waals surface area contributed by atoms with Crippen LogP contribution in [0.3, 0.4) is 0 Å². The molecule has 2 amide bonds. The zero-order chi connectivity index (χ0) is 34.9. The van der Waals surface area contributed by atoms with Crippen LogP contribution in [0.1, 0.15) is 33.5 Å². The van der Waals surface area contributed by atoms with Gasteiger partial charge in [0.2, 0.25) is 5.91 Å². The van der Waals surface area contributed by atoms with Gasteiger partial charge < -0.3 is 25.8 Å². The number of aryl methyl sites for hydroxylation is 1. The first-order valence-corrected chi connectivity index (χ1v) is 15.1. The van der Waals surface area contributed by atoms with Gasteiger partial charge in [-0.2, -0.15) is 13.2 Å². The fraction of sp³-hybridized carbons (Fsp3) is 0.216. The Hall–Kier alpha value is -5.42. The molecule has 4 N–H and O–H groups in total. The van der Waals surface area contributed by atoms with E-state index in [1.807, 2.05) is 89.8 Å². The number of nitrogens with one attached hydrogen (secondary N) is 1. The van der Waals surface area contributed by atoms with E-state index in [9.17, 15) is 22.8 Å². The quantitative estimate of drug-likeness (QED) is 0.144. The van der Waals surface area contributed by atoms with Crippen molar-refractivity contribution in [2.24, 2.45) is 5.73 Å². The van der Waals surface area contributed by atoms with E-state index in [1.165, 1.54) is 5.56 Å². The molecule has 0 aliphatic rings. The van der Waals surface area contributed by atoms with Gasteiger partial charge >= 0.3 is 12.1 Å². The van der Waals surface area contributed by atoms with Crippen molar-refractivity contribution in [2.45, 2.75) is 25.6 Å². The highest BCUT2D eigenvalue weighted by atomic mass is 19.4. The van der Waals surface area contributed by atoms with Gasteiger partial charge in [-0.1, -0.05) is 72.8 Å². The lowest BCUT2D eigenvalue weighted by molar-refractivity contribution is -0.192. The number of ether oxygens (including phenoxy) is 1. The number of nitrogens with zero attached hydrogens (tertiary/aromatic N) is 1. The van der Waals surface area contributed by atoms with Crippen LogP contribution in [-0.2, 0) is 22.6 Å². The van der Waals surface area contributed by atoms with Crippen molar-refractivity contribution < 1.29 is 37.4 Å². The first-order valence-electron chi connectivity index (χ1n) is 15.1. The fourth-order valence-electron chi connectivity index (χ4n) is 4.57. The third-order valence-electron chi connectivity index (χ3n) is 7.01. The minimum absolute atomic E-state index is 0.0437. The van der Waals surface area contributed by atoms with Crippen molar-refractivity contribution in [1.29, 1.82) is 0 Å². The number of carboxylic acids is 1. The predicted molar refractivity (Wildman–Crippen MR) is 179 cm³/mol. The molecule has 0 saturated carbocycles. The van der Waals surface area contributed by atoms with Gasteiger partial charge in [-0.15, -0.1) is 0 Å². The van der Waals surface area contributed by atoms with Gasteiger partial charge in [0, 0.05) is 37.8 Å². The fourth-order valence-corrected chi connectivity index (χ4v) is 4.57. The number of carboxylic acid groups (broad SMARTS) is 1. The summed E-state index contributed by atoms with van der Waals surface area (Å²) in [6.45, 7) is 1.93. The van der Waals surface area contributed by atoms with Crippen LogP contribution >= 0.6 is 0 Å². The summed E-state index contributed by atoms with van der Waals surface area (Å²) in [4.78, 5) is 36.6. The first kappa shape index (κ1) is 37.0. The Morgan fingerprint density at radius 2 is 1.50 bits per heavy atom. The van der Waals surface area contributed by atoms with Crippen molar-refractivity contribution in [3.05, 3.63) is 131 Å². The summed E-state index contributed by atoms with van der Waals surface area (Å²) in [5, 5.41) is 9.94. The lowest BCUT2D eigenvalue weighted by Crippen LogP contribution is -2.30. The Labute approximate surface area is 277 Å². The topological polar surface area (TPSA) is 122 Å². The Morgan fingerprint density at radius 3 is 2.12 bits per heavy atom. The second kappa shape index (κ2) is 18.7. The van der Waals surface area contributed by atoms with Crippen LogP contribution < -0.4 is 15.8 Å². The lowest BCUT2D eigenvalue weighted by atomic mass is 10.0. The predicted octanol–water partition coefficient (Wildman–Crippen LogP) is 6.36. The van der Waals surface area contributed by atoms with E-state index in [2.05, 4.69) is 23.5 Å². The molecule has 0 saturated heterocycles. The number of nitrogens with two attached hydrogens (primary N) is 1. The number of methoxy groups -OCH3 is 1. The third kappa shape index (κ3) is 12.4. The highest BCUT2D eigenvalue weighted by Gasteiger charge is 2.38. The van der Waals surface area contributed by atoms with Gasteiger partial charge in [0.1, 0.15) is 5.75 Å². The summed E-state index contributed by atoms with van der Waals surface area (Å²) in [7, 11) is 1.63. The molecule has 0 spiro atoms. The molecule has 4 rings (SSSR count). The van der Waals surface area contributed by atoms with Crippen LogP contribution in [0.25, 0.3) is 17.2 Å². The largest absolute Gasteiger partial charge is 0.497 e. The molecule has 8 nitrogen and oxygen atoms in total. The maximum Gasteiger partial charge on any atom is 0.490 e. The monoisotopic (exact) mass is 661 g/mol. The van der Waals surface area contributed by atoms with Crippen LogP contribution in [-0.4, -0.2) is 60.7 Å². The van der Waals surface area contributed by atoms with Crippen LogP contribution in [0.5, 0.6) is 5.75 Å². The maximum atomic E-state index is 13.4. The standard InChI is InChI=1S/C35H37N3O3.C2HF3O2/c1-41-33-18-15-28(16-19-33)17-20-34(39)38(23-7-11-27-8-3-2-4-9-27)26-29-10-5-12-30(24-29)31-13-6-14-32(25-31)35(40)37-22-21-36;3-2(4,5)1(6)7/h2-6,8-10,12-20,24-25H,7,11,21-23,26,36H2,1H3,(H,37,40);(H,6,7)/b20-17+;. The summed E-state index contributed by atoms with van der Waals surface area (Å²) in [5.41, 5.74) is 11.2. The van der Waals surface area contributed by atoms with Gasteiger partial charge in [-0.25, -0.2) is 4.79 Å². The Morgan fingerprint density at radius 1 is 0.875 bits per heavy atom. The minimum Gasteiger partial charge on any atom is -0.497 e. The molecule has 0 fully saturated rings. The van der Waals surface area contributed by atoms with E-state index in [4.69, 9.17) is 20.4 Å². The van der Waals surface area contributed by atoms with E-state index in [0.29, 0.717) is 31.7 Å². The molecular formula is C37H38F3N3O5. The Bertz CT molecular complexity index is 1660. The van der Waals surface area contributed by atoms with Gasteiger partial charge in [0.25, 0.3) is 5.91 Å². The van der Waals surface area contributed by atoms with E-state index in [0.717, 1.165) is 40.8 Å². The van der Waals surface area contributed by atoms with Crippen LogP contribution in [0.4, 0.5) is 13.2 Å². The highest BCUT2D eigenvalue weighted by molar-refractivity contribution is 5.95. The molecule has 0 bridgehead atoms. The number of halogens is 3. The zero-order valence-electron chi connectivity index (χ0n) is 26.5. The van der Waals surface area contributed by atoms with Gasteiger partial charge in [-0.05, 0) is 77.1 Å². The molecule has 0 aromatic heterocycles. The number of rotatable bonds is 13. The number of hydrogen-bond donors (Lipinski definition) is 3. The number of carbonyl (C=O) groups is 3. The van der Waals surface area contributed by atoms with E-state index >= 15 is 0 Å². The third-order valence-corrected chi connectivity index (χ3v) is 7.01.